The molecule has 0 unspecified atom stereocenters. The monoisotopic (exact) mass is 369 g/mol. The first-order valence-corrected chi connectivity index (χ1v) is 8.94. The van der Waals surface area contributed by atoms with Gasteiger partial charge in [0.05, 0.1) is 13.4 Å². The number of hydrogen-bond donors (Lipinski definition) is 1. The Hall–Kier alpha value is -2.93. The van der Waals surface area contributed by atoms with Crippen molar-refractivity contribution in [2.24, 2.45) is 11.8 Å². The fourth-order valence-electron chi connectivity index (χ4n) is 4.61. The molecular weight excluding hydrogens is 348 g/mol. The highest BCUT2D eigenvalue weighted by Crippen LogP contribution is 2.48. The molecule has 0 spiro atoms. The molecule has 2 fully saturated rings. The number of benzene rings is 1. The minimum atomic E-state index is -1.34. The van der Waals surface area contributed by atoms with E-state index in [1.54, 1.807) is 36.5 Å². The molecule has 0 radical (unpaired) electrons. The maximum absolute atomic E-state index is 13.2. The highest BCUT2D eigenvalue weighted by atomic mass is 16.5. The number of esters is 1. The number of fused-ring (bicyclic) bond motifs is 1. The Morgan fingerprint density at radius 3 is 2.52 bits per heavy atom. The van der Waals surface area contributed by atoms with Crippen molar-refractivity contribution in [3.8, 4) is 0 Å². The van der Waals surface area contributed by atoms with Crippen molar-refractivity contribution in [3.63, 3.8) is 0 Å². The molecule has 2 aliphatic heterocycles. The number of ether oxygens (including phenoxy) is 1. The summed E-state index contributed by atoms with van der Waals surface area (Å²) in [7, 11) is 1.30. The average Bonchev–Trinajstić information content (AvgIpc) is 3.39. The van der Waals surface area contributed by atoms with Gasteiger partial charge in [0.25, 0.3) is 0 Å². The molecule has 4 atom stereocenters. The van der Waals surface area contributed by atoms with Gasteiger partial charge in [-0.2, -0.15) is 0 Å². The van der Waals surface area contributed by atoms with Gasteiger partial charge >= 0.3 is 5.97 Å². The van der Waals surface area contributed by atoms with Crippen molar-refractivity contribution in [1.82, 2.24) is 4.90 Å². The molecular formula is C20H21N2O5+. The minimum Gasteiger partial charge on any atom is -0.464 e. The minimum absolute atomic E-state index is 0.265. The molecule has 0 bridgehead atoms. The molecule has 140 valence electrons. The van der Waals surface area contributed by atoms with Crippen LogP contribution in [0.4, 0.5) is 0 Å². The highest BCUT2D eigenvalue weighted by Gasteiger charge is 2.73. The van der Waals surface area contributed by atoms with Crippen LogP contribution in [-0.4, -0.2) is 36.3 Å². The Bertz CT molecular complexity index is 879. The molecule has 2 saturated heterocycles. The van der Waals surface area contributed by atoms with Crippen LogP contribution in [0.15, 0.2) is 53.1 Å². The summed E-state index contributed by atoms with van der Waals surface area (Å²) in [6.07, 6.45) is 1.53. The number of nitrogens with two attached hydrogens (primary N) is 1. The Kier molecular flexibility index (Phi) is 4.11. The lowest BCUT2D eigenvalue weighted by Crippen LogP contribution is -2.96. The molecule has 2 aliphatic rings. The Morgan fingerprint density at radius 2 is 1.93 bits per heavy atom. The molecule has 7 nitrogen and oxygen atoms in total. The zero-order chi connectivity index (χ0) is 19.2. The summed E-state index contributed by atoms with van der Waals surface area (Å²) >= 11 is 0. The number of carbonyl (C=O) groups is 3. The zero-order valence-corrected chi connectivity index (χ0v) is 15.1. The standard InChI is InChI=1S/C20H20N2O5/c1-3-22-17(23)14-15(18(22)24)20(19(25)26-2,12-8-5-4-6-9-12)21-16(14)13-10-7-11-27-13/h4-11,14-16,21H,3H2,1-2H3/p+1/t14-,15-,16+,20+/m0/s1. The first-order chi connectivity index (χ1) is 13.1. The van der Waals surface area contributed by atoms with E-state index in [0.717, 1.165) is 0 Å². The zero-order valence-electron chi connectivity index (χ0n) is 15.1. The number of amides is 2. The predicted molar refractivity (Wildman–Crippen MR) is 92.9 cm³/mol. The van der Waals surface area contributed by atoms with E-state index in [1.807, 2.05) is 18.2 Å². The van der Waals surface area contributed by atoms with Crippen LogP contribution < -0.4 is 5.32 Å². The number of nitrogens with zero attached hydrogens (tertiary/aromatic N) is 1. The van der Waals surface area contributed by atoms with E-state index in [1.165, 1.54) is 18.3 Å². The number of carbonyl (C=O) groups excluding carboxylic acids is 3. The van der Waals surface area contributed by atoms with Crippen LogP contribution in [0.2, 0.25) is 0 Å². The number of methoxy groups -OCH3 is 1. The van der Waals surface area contributed by atoms with E-state index in [9.17, 15) is 14.4 Å². The van der Waals surface area contributed by atoms with Gasteiger partial charge in [-0.25, -0.2) is 4.79 Å². The summed E-state index contributed by atoms with van der Waals surface area (Å²) in [6, 6.07) is 12.1. The molecule has 0 saturated carbocycles. The van der Waals surface area contributed by atoms with Crippen LogP contribution >= 0.6 is 0 Å². The second-order valence-electron chi connectivity index (χ2n) is 6.86. The van der Waals surface area contributed by atoms with Crippen molar-refractivity contribution in [2.45, 2.75) is 18.5 Å². The summed E-state index contributed by atoms with van der Waals surface area (Å²) in [4.78, 5) is 40.6. The molecule has 7 heteroatoms. The molecule has 1 aromatic carbocycles. The van der Waals surface area contributed by atoms with Crippen molar-refractivity contribution in [1.29, 1.82) is 0 Å². The van der Waals surface area contributed by atoms with Crippen LogP contribution in [0.1, 0.15) is 24.3 Å². The Labute approximate surface area is 156 Å². The van der Waals surface area contributed by atoms with Crippen LogP contribution in [0, 0.1) is 11.8 Å². The second-order valence-corrected chi connectivity index (χ2v) is 6.86. The molecule has 3 heterocycles. The van der Waals surface area contributed by atoms with Crippen LogP contribution in [0.25, 0.3) is 0 Å². The van der Waals surface area contributed by atoms with Gasteiger partial charge in [-0.15, -0.1) is 0 Å². The SMILES string of the molecule is CCN1C(=O)[C@@H]2[C@@H](c3ccco3)[NH2+][C@](C(=O)OC)(c3ccccc3)[C@@H]2C1=O. The molecule has 0 aliphatic carbocycles. The van der Waals surface area contributed by atoms with E-state index in [2.05, 4.69) is 0 Å². The first-order valence-electron chi connectivity index (χ1n) is 8.94. The van der Waals surface area contributed by atoms with Crippen LogP contribution in [0.5, 0.6) is 0 Å². The third-order valence-corrected chi connectivity index (χ3v) is 5.72. The van der Waals surface area contributed by atoms with Gasteiger partial charge in [0, 0.05) is 12.1 Å². The lowest BCUT2D eigenvalue weighted by molar-refractivity contribution is -0.743. The topological polar surface area (TPSA) is 93.4 Å². The second kappa shape index (κ2) is 6.35. The van der Waals surface area contributed by atoms with E-state index in [0.29, 0.717) is 11.3 Å². The maximum Gasteiger partial charge on any atom is 0.373 e. The fourth-order valence-corrected chi connectivity index (χ4v) is 4.61. The van der Waals surface area contributed by atoms with Crippen molar-refractivity contribution < 1.29 is 28.9 Å². The summed E-state index contributed by atoms with van der Waals surface area (Å²) in [5.41, 5.74) is -0.700. The molecule has 2 aromatic rings. The van der Waals surface area contributed by atoms with Crippen molar-refractivity contribution >= 4 is 17.8 Å². The normalized spacial score (nSPS) is 29.9. The number of likely N-dealkylation sites (tertiary alicyclic amines) is 1. The van der Waals surface area contributed by atoms with Gasteiger partial charge in [-0.3, -0.25) is 14.5 Å². The predicted octanol–water partition coefficient (Wildman–Crippen LogP) is 0.587. The van der Waals surface area contributed by atoms with E-state index >= 15 is 0 Å². The first kappa shape index (κ1) is 17.5. The molecule has 27 heavy (non-hydrogen) atoms. The van der Waals surface area contributed by atoms with Gasteiger partial charge in [0.1, 0.15) is 11.8 Å². The lowest BCUT2D eigenvalue weighted by Gasteiger charge is -2.29. The molecule has 2 amide bonds. The van der Waals surface area contributed by atoms with Gasteiger partial charge < -0.3 is 14.5 Å². The summed E-state index contributed by atoms with van der Waals surface area (Å²) in [5.74, 6) is -2.14. The smallest absolute Gasteiger partial charge is 0.373 e. The molecule has 1 aromatic heterocycles. The van der Waals surface area contributed by atoms with Crippen LogP contribution in [0.3, 0.4) is 0 Å². The Morgan fingerprint density at radius 1 is 1.19 bits per heavy atom. The van der Waals surface area contributed by atoms with E-state index in [4.69, 9.17) is 9.15 Å². The number of furan rings is 1. The van der Waals surface area contributed by atoms with E-state index in [-0.39, 0.29) is 18.4 Å². The highest BCUT2D eigenvalue weighted by molar-refractivity contribution is 6.08. The average molecular weight is 369 g/mol. The van der Waals surface area contributed by atoms with Gasteiger partial charge in [-0.1, -0.05) is 30.3 Å². The molecule has 2 N–H and O–H groups in total. The lowest BCUT2D eigenvalue weighted by atomic mass is 9.75. The van der Waals surface area contributed by atoms with E-state index < -0.39 is 29.4 Å². The molecule has 4 rings (SSSR count). The Balaban J connectivity index is 1.95. The largest absolute Gasteiger partial charge is 0.464 e. The number of rotatable bonds is 4. The fraction of sp³-hybridized carbons (Fsp3) is 0.350. The maximum atomic E-state index is 13.2. The number of quaternary nitrogens is 1. The van der Waals surface area contributed by atoms with Crippen molar-refractivity contribution in [2.75, 3.05) is 13.7 Å². The van der Waals surface area contributed by atoms with Crippen LogP contribution in [-0.2, 0) is 24.7 Å². The summed E-state index contributed by atoms with van der Waals surface area (Å²) in [6.45, 7) is 2.02. The summed E-state index contributed by atoms with van der Waals surface area (Å²) < 4.78 is 10.7. The number of hydrogen-bond acceptors (Lipinski definition) is 5. The van der Waals surface area contributed by atoms with Gasteiger partial charge in [0.15, 0.2) is 11.8 Å². The quantitative estimate of drug-likeness (QED) is 0.629. The van der Waals surface area contributed by atoms with Gasteiger partial charge in [0.2, 0.25) is 17.4 Å². The third-order valence-electron chi connectivity index (χ3n) is 5.72. The number of imide groups is 1. The van der Waals surface area contributed by atoms with Crippen molar-refractivity contribution in [3.05, 3.63) is 60.1 Å². The van der Waals surface area contributed by atoms with Gasteiger partial charge in [-0.05, 0) is 19.1 Å². The summed E-state index contributed by atoms with van der Waals surface area (Å²) in [5, 5.41) is 1.77. The third kappa shape index (κ3) is 2.28.